The van der Waals surface area contributed by atoms with E-state index in [0.717, 1.165) is 0 Å². The van der Waals surface area contributed by atoms with Crippen molar-refractivity contribution >= 4 is 97.7 Å². The van der Waals surface area contributed by atoms with Gasteiger partial charge in [0.05, 0.1) is 38.5 Å². The highest BCUT2D eigenvalue weighted by atomic mass is 14.9. The fourth-order valence-electron chi connectivity index (χ4n) is 15.0. The molecule has 17 aromatic rings. The molecule has 0 aliphatic heterocycles. The molecule has 0 spiro atoms. The van der Waals surface area contributed by atoms with Crippen molar-refractivity contribution in [3.05, 3.63) is 289 Å². The van der Waals surface area contributed by atoms with E-state index in [1.54, 1.807) is 0 Å². The minimum Gasteiger partial charge on any atom is -0.307 e. The number of aromatic nitrogens is 2. The molecule has 0 fully saturated rings. The van der Waals surface area contributed by atoms with Crippen LogP contribution in [0.2, 0.25) is 0 Å². The number of benzene rings is 13. The van der Waals surface area contributed by atoms with Gasteiger partial charge in [0.15, 0.2) is 0 Å². The number of rotatable bonds is 5. The lowest BCUT2D eigenvalue weighted by Gasteiger charge is -2.34. The summed E-state index contributed by atoms with van der Waals surface area (Å²) in [6, 6.07) is 101. The van der Waals surface area contributed by atoms with Gasteiger partial charge >= 0.3 is 0 Å². The second-order valence-electron chi connectivity index (χ2n) is 21.3. The zero-order chi connectivity index (χ0) is 50.1. The first-order valence-electron chi connectivity index (χ1n) is 26.9. The SMILES string of the molecule is c1ccc(C2(c3ccccc3)c3ccccc3-c3c(-c4c5cccc(-c6cccc7c8cccc9c%10ccccc%10n(c67)c98)c5cc5c(-c6cccc7c8cccc9c%10ccccc%10n(c67)c98)cccc45)cccc32)cc1. The molecule has 4 heterocycles. The molecular formula is C75H44N2. The Morgan fingerprint density at radius 3 is 1.09 bits per heavy atom. The molecule has 0 amide bonds. The molecule has 0 atom stereocenters. The van der Waals surface area contributed by atoms with E-state index in [1.165, 1.54) is 164 Å². The number of para-hydroxylation sites is 6. The zero-order valence-electron chi connectivity index (χ0n) is 41.8. The van der Waals surface area contributed by atoms with Crippen LogP contribution in [0.25, 0.3) is 142 Å². The molecule has 354 valence electrons. The van der Waals surface area contributed by atoms with Crippen molar-refractivity contribution < 1.29 is 0 Å². The Hall–Kier alpha value is -10.0. The third kappa shape index (κ3) is 5.15. The molecule has 1 aliphatic carbocycles. The molecule has 13 aromatic carbocycles. The van der Waals surface area contributed by atoms with Crippen molar-refractivity contribution in [2.24, 2.45) is 0 Å². The Balaban J connectivity index is 1.01. The molecule has 2 nitrogen and oxygen atoms in total. The van der Waals surface area contributed by atoms with Crippen LogP contribution in [-0.2, 0) is 5.41 Å². The summed E-state index contributed by atoms with van der Waals surface area (Å²) < 4.78 is 5.11. The summed E-state index contributed by atoms with van der Waals surface area (Å²) in [4.78, 5) is 0. The third-order valence-electron chi connectivity index (χ3n) is 17.9. The van der Waals surface area contributed by atoms with Crippen LogP contribution in [0, 0.1) is 0 Å². The number of fused-ring (bicyclic) bond motifs is 17. The monoisotopic (exact) mass is 972 g/mol. The highest BCUT2D eigenvalue weighted by molar-refractivity contribution is 6.29. The van der Waals surface area contributed by atoms with Crippen molar-refractivity contribution in [3.8, 4) is 44.5 Å². The fraction of sp³-hybridized carbons (Fsp3) is 0.0133. The van der Waals surface area contributed by atoms with E-state index < -0.39 is 5.41 Å². The molecule has 0 unspecified atom stereocenters. The van der Waals surface area contributed by atoms with Crippen molar-refractivity contribution in [1.29, 1.82) is 0 Å². The minimum absolute atomic E-state index is 0.546. The maximum Gasteiger partial charge on any atom is 0.0713 e. The van der Waals surface area contributed by atoms with Gasteiger partial charge in [-0.05, 0) is 95.4 Å². The van der Waals surface area contributed by atoms with Gasteiger partial charge in [0.25, 0.3) is 0 Å². The summed E-state index contributed by atoms with van der Waals surface area (Å²) in [7, 11) is 0. The Morgan fingerprint density at radius 2 is 0.558 bits per heavy atom. The molecule has 2 heteroatoms. The summed E-state index contributed by atoms with van der Waals surface area (Å²) in [6.07, 6.45) is 0. The van der Waals surface area contributed by atoms with Crippen molar-refractivity contribution in [1.82, 2.24) is 8.80 Å². The summed E-state index contributed by atoms with van der Waals surface area (Å²) in [5.74, 6) is 0. The van der Waals surface area contributed by atoms with E-state index in [2.05, 4.69) is 276 Å². The topological polar surface area (TPSA) is 8.82 Å². The van der Waals surface area contributed by atoms with Crippen LogP contribution in [0.1, 0.15) is 22.3 Å². The number of hydrogen-bond acceptors (Lipinski definition) is 0. The average Bonchev–Trinajstić information content (AvgIpc) is 4.46. The normalized spacial score (nSPS) is 13.3. The van der Waals surface area contributed by atoms with Crippen LogP contribution >= 0.6 is 0 Å². The van der Waals surface area contributed by atoms with Gasteiger partial charge in [0.1, 0.15) is 0 Å². The molecular weight excluding hydrogens is 929 g/mol. The van der Waals surface area contributed by atoms with Gasteiger partial charge in [-0.15, -0.1) is 0 Å². The summed E-state index contributed by atoms with van der Waals surface area (Å²) >= 11 is 0. The standard InChI is InChI=1S/C75H44N2/c1-3-20-45(21-4-1)75(46-22-5-2-6-23-46)65-40-10-7-26-61(65)70-62(39-19-41-66(70)75)69-51-29-13-27-47(53-31-15-35-57-59-37-17-33-55-49-24-8-11-42-67(49)76(71(53)57)73(55)59)63(51)44-64-48(28-14-30-52(64)69)54-32-16-36-58-60-38-18-34-56-50-25-9-12-43-68(50)77(72(54)58)74(56)60/h1-44H. The van der Waals surface area contributed by atoms with E-state index in [0.29, 0.717) is 0 Å². The van der Waals surface area contributed by atoms with Crippen LogP contribution in [-0.4, -0.2) is 8.80 Å². The van der Waals surface area contributed by atoms with Gasteiger partial charge in [0, 0.05) is 54.2 Å². The van der Waals surface area contributed by atoms with E-state index >= 15 is 0 Å². The molecule has 0 radical (unpaired) electrons. The second-order valence-corrected chi connectivity index (χ2v) is 21.3. The second kappa shape index (κ2) is 15.1. The van der Waals surface area contributed by atoms with Crippen LogP contribution in [0.5, 0.6) is 0 Å². The smallest absolute Gasteiger partial charge is 0.0713 e. The average molecular weight is 973 g/mol. The molecule has 4 aromatic heterocycles. The van der Waals surface area contributed by atoms with Gasteiger partial charge < -0.3 is 8.80 Å². The molecule has 18 rings (SSSR count). The van der Waals surface area contributed by atoms with Gasteiger partial charge in [0.2, 0.25) is 0 Å². The summed E-state index contributed by atoms with van der Waals surface area (Å²) in [6.45, 7) is 0. The lowest BCUT2D eigenvalue weighted by molar-refractivity contribution is 0.768. The molecule has 0 saturated carbocycles. The van der Waals surface area contributed by atoms with E-state index in [-0.39, 0.29) is 0 Å². The highest BCUT2D eigenvalue weighted by Gasteiger charge is 2.47. The highest BCUT2D eigenvalue weighted by Crippen LogP contribution is 2.60. The maximum absolute atomic E-state index is 2.55. The van der Waals surface area contributed by atoms with Gasteiger partial charge in [-0.25, -0.2) is 0 Å². The Bertz CT molecular complexity index is 5050. The van der Waals surface area contributed by atoms with Crippen LogP contribution in [0.4, 0.5) is 0 Å². The molecule has 0 N–H and O–H groups in total. The van der Waals surface area contributed by atoms with Gasteiger partial charge in [-0.1, -0.05) is 249 Å². The molecule has 0 bridgehead atoms. The summed E-state index contributed by atoms with van der Waals surface area (Å²) in [5, 5.41) is 15.2. The first kappa shape index (κ1) is 41.3. The lowest BCUT2D eigenvalue weighted by atomic mass is 9.67. The predicted octanol–water partition coefficient (Wildman–Crippen LogP) is 19.7. The van der Waals surface area contributed by atoms with Crippen molar-refractivity contribution in [2.75, 3.05) is 0 Å². The van der Waals surface area contributed by atoms with Gasteiger partial charge in [-0.2, -0.15) is 0 Å². The quantitative estimate of drug-likeness (QED) is 0.152. The first-order valence-corrected chi connectivity index (χ1v) is 26.9. The molecule has 0 saturated heterocycles. The Morgan fingerprint density at radius 1 is 0.208 bits per heavy atom. The lowest BCUT2D eigenvalue weighted by Crippen LogP contribution is -2.28. The minimum atomic E-state index is -0.546. The van der Waals surface area contributed by atoms with Crippen molar-refractivity contribution in [2.45, 2.75) is 5.41 Å². The predicted molar refractivity (Wildman–Crippen MR) is 324 cm³/mol. The third-order valence-corrected chi connectivity index (χ3v) is 17.9. The van der Waals surface area contributed by atoms with Crippen LogP contribution in [0.3, 0.4) is 0 Å². The largest absolute Gasteiger partial charge is 0.307 e. The number of hydrogen-bond donors (Lipinski definition) is 0. The van der Waals surface area contributed by atoms with Crippen LogP contribution in [0.15, 0.2) is 267 Å². The maximum atomic E-state index is 2.55. The summed E-state index contributed by atoms with van der Waals surface area (Å²) in [5.41, 5.74) is 22.0. The Kier molecular flexibility index (Phi) is 8.09. The zero-order valence-corrected chi connectivity index (χ0v) is 41.8. The van der Waals surface area contributed by atoms with E-state index in [1.807, 2.05) is 0 Å². The van der Waals surface area contributed by atoms with E-state index in [4.69, 9.17) is 0 Å². The van der Waals surface area contributed by atoms with E-state index in [9.17, 15) is 0 Å². The first-order chi connectivity index (χ1) is 38.3. The number of nitrogens with zero attached hydrogens (tertiary/aromatic N) is 2. The van der Waals surface area contributed by atoms with Gasteiger partial charge in [-0.3, -0.25) is 0 Å². The fourth-order valence-corrected chi connectivity index (χ4v) is 15.0. The Labute approximate surface area is 443 Å². The molecule has 77 heavy (non-hydrogen) atoms. The van der Waals surface area contributed by atoms with Crippen molar-refractivity contribution in [3.63, 3.8) is 0 Å². The van der Waals surface area contributed by atoms with Crippen LogP contribution < -0.4 is 0 Å². The molecule has 1 aliphatic rings.